The maximum Gasteiger partial charge on any atom is 0.241 e. The Kier molecular flexibility index (Phi) is 2.34. The van der Waals surface area contributed by atoms with Gasteiger partial charge in [0.05, 0.1) is 29.2 Å². The molecule has 3 aliphatic rings. The van der Waals surface area contributed by atoms with Gasteiger partial charge in [-0.2, -0.15) is 0 Å². The van der Waals surface area contributed by atoms with E-state index in [2.05, 4.69) is 15.9 Å². The second-order valence-electron chi connectivity index (χ2n) is 5.62. The number of nitrogens with zero attached hydrogens (tertiary/aromatic N) is 1. The van der Waals surface area contributed by atoms with E-state index in [9.17, 15) is 9.59 Å². The van der Waals surface area contributed by atoms with Crippen LogP contribution in [-0.4, -0.2) is 23.5 Å². The Morgan fingerprint density at radius 3 is 2.55 bits per heavy atom. The standard InChI is InChI=1S/C15H12BrNO3/c1-15-7-6-10(20-15)11-12(15)14(19)17(13(11)18)9-4-2-8(16)3-5-9/h2-7,10-12H,1H3/t10-,11-,12-,15+/m1/s1. The van der Waals surface area contributed by atoms with E-state index in [1.165, 1.54) is 4.90 Å². The van der Waals surface area contributed by atoms with Gasteiger partial charge in [-0.3, -0.25) is 9.59 Å². The molecule has 4 rings (SSSR count). The van der Waals surface area contributed by atoms with Crippen molar-refractivity contribution < 1.29 is 14.3 Å². The Bertz CT molecular complexity index is 654. The number of fused-ring (bicyclic) bond motifs is 5. The molecule has 1 aromatic carbocycles. The van der Waals surface area contributed by atoms with Gasteiger partial charge in [0.25, 0.3) is 0 Å². The number of benzene rings is 1. The molecule has 3 heterocycles. The second kappa shape index (κ2) is 3.80. The van der Waals surface area contributed by atoms with Gasteiger partial charge >= 0.3 is 0 Å². The molecule has 1 aromatic rings. The number of imide groups is 1. The summed E-state index contributed by atoms with van der Waals surface area (Å²) in [5, 5.41) is 0. The maximum atomic E-state index is 12.7. The molecule has 102 valence electrons. The second-order valence-corrected chi connectivity index (χ2v) is 6.53. The van der Waals surface area contributed by atoms with Crippen molar-refractivity contribution in [3.63, 3.8) is 0 Å². The fourth-order valence-corrected chi connectivity index (χ4v) is 3.76. The Balaban J connectivity index is 1.77. The summed E-state index contributed by atoms with van der Waals surface area (Å²) in [7, 11) is 0. The van der Waals surface area contributed by atoms with E-state index in [1.807, 2.05) is 31.2 Å². The number of anilines is 1. The van der Waals surface area contributed by atoms with E-state index >= 15 is 0 Å². The number of hydrogen-bond acceptors (Lipinski definition) is 3. The molecule has 2 amide bonds. The first-order valence-corrected chi connectivity index (χ1v) is 7.31. The van der Waals surface area contributed by atoms with Crippen molar-refractivity contribution in [2.45, 2.75) is 18.6 Å². The molecule has 0 radical (unpaired) electrons. The lowest BCUT2D eigenvalue weighted by atomic mass is 9.78. The van der Waals surface area contributed by atoms with Crippen LogP contribution in [0.2, 0.25) is 0 Å². The molecule has 0 aliphatic carbocycles. The molecule has 0 aromatic heterocycles. The summed E-state index contributed by atoms with van der Waals surface area (Å²) in [4.78, 5) is 26.6. The lowest BCUT2D eigenvalue weighted by Gasteiger charge is -2.24. The molecule has 0 spiro atoms. The summed E-state index contributed by atoms with van der Waals surface area (Å²) in [5.41, 5.74) is -0.00719. The normalized spacial score (nSPS) is 37.9. The van der Waals surface area contributed by atoms with E-state index in [0.29, 0.717) is 5.69 Å². The van der Waals surface area contributed by atoms with Crippen LogP contribution in [0.15, 0.2) is 40.9 Å². The lowest BCUT2D eigenvalue weighted by Crippen LogP contribution is -2.38. The van der Waals surface area contributed by atoms with Crippen molar-refractivity contribution in [3.05, 3.63) is 40.9 Å². The molecule has 20 heavy (non-hydrogen) atoms. The van der Waals surface area contributed by atoms with Gasteiger partial charge in [-0.15, -0.1) is 0 Å². The van der Waals surface area contributed by atoms with Crippen LogP contribution in [0.3, 0.4) is 0 Å². The molecule has 5 heteroatoms. The van der Waals surface area contributed by atoms with Crippen molar-refractivity contribution in [3.8, 4) is 0 Å². The Labute approximate surface area is 124 Å². The number of rotatable bonds is 1. The average molecular weight is 334 g/mol. The predicted octanol–water partition coefficient (Wildman–Crippen LogP) is 2.28. The minimum Gasteiger partial charge on any atom is -0.362 e. The van der Waals surface area contributed by atoms with Gasteiger partial charge in [0, 0.05) is 4.47 Å². The highest BCUT2D eigenvalue weighted by Gasteiger charge is 2.65. The van der Waals surface area contributed by atoms with Crippen molar-refractivity contribution in [2.24, 2.45) is 11.8 Å². The zero-order chi connectivity index (χ0) is 14.1. The molecule has 0 saturated carbocycles. The van der Waals surface area contributed by atoms with Gasteiger partial charge in [-0.25, -0.2) is 4.90 Å². The van der Waals surface area contributed by atoms with Crippen LogP contribution in [0, 0.1) is 11.8 Å². The summed E-state index contributed by atoms with van der Waals surface area (Å²) in [5.74, 6) is -1.08. The predicted molar refractivity (Wildman–Crippen MR) is 76.0 cm³/mol. The molecule has 2 saturated heterocycles. The van der Waals surface area contributed by atoms with Gasteiger partial charge < -0.3 is 4.74 Å². The largest absolute Gasteiger partial charge is 0.362 e. The zero-order valence-electron chi connectivity index (χ0n) is 10.7. The number of carbonyl (C=O) groups excluding carboxylic acids is 2. The number of halogens is 1. The number of ether oxygens (including phenoxy) is 1. The van der Waals surface area contributed by atoms with E-state index in [1.54, 1.807) is 12.1 Å². The van der Waals surface area contributed by atoms with E-state index in [-0.39, 0.29) is 23.8 Å². The molecule has 4 atom stereocenters. The summed E-state index contributed by atoms with van der Waals surface area (Å²) < 4.78 is 6.70. The monoisotopic (exact) mass is 333 g/mol. The van der Waals surface area contributed by atoms with Crippen LogP contribution in [0.4, 0.5) is 5.69 Å². The van der Waals surface area contributed by atoms with Crippen molar-refractivity contribution in [1.29, 1.82) is 0 Å². The van der Waals surface area contributed by atoms with E-state index in [0.717, 1.165) is 4.47 Å². The first-order chi connectivity index (χ1) is 9.51. The highest BCUT2D eigenvalue weighted by Crippen LogP contribution is 2.52. The van der Waals surface area contributed by atoms with Crippen molar-refractivity contribution >= 4 is 33.4 Å². The van der Waals surface area contributed by atoms with Gasteiger partial charge in [0.2, 0.25) is 11.8 Å². The fourth-order valence-electron chi connectivity index (χ4n) is 3.50. The van der Waals surface area contributed by atoms with E-state index < -0.39 is 11.5 Å². The Morgan fingerprint density at radius 2 is 1.90 bits per heavy atom. The quantitative estimate of drug-likeness (QED) is 0.585. The third-order valence-electron chi connectivity index (χ3n) is 4.41. The minimum atomic E-state index is -0.633. The zero-order valence-corrected chi connectivity index (χ0v) is 12.3. The maximum absolute atomic E-state index is 12.7. The van der Waals surface area contributed by atoms with E-state index in [4.69, 9.17) is 4.74 Å². The van der Waals surface area contributed by atoms with Crippen molar-refractivity contribution in [2.75, 3.05) is 4.90 Å². The minimum absolute atomic E-state index is 0.152. The van der Waals surface area contributed by atoms with Crippen LogP contribution in [-0.2, 0) is 14.3 Å². The molecule has 2 bridgehead atoms. The molecule has 4 nitrogen and oxygen atoms in total. The van der Waals surface area contributed by atoms with Crippen LogP contribution >= 0.6 is 15.9 Å². The third-order valence-corrected chi connectivity index (χ3v) is 4.94. The molecule has 3 aliphatic heterocycles. The topological polar surface area (TPSA) is 46.6 Å². The Morgan fingerprint density at radius 1 is 1.20 bits per heavy atom. The van der Waals surface area contributed by atoms with Gasteiger partial charge in [-0.05, 0) is 31.2 Å². The third kappa shape index (κ3) is 1.39. The average Bonchev–Trinajstić information content (AvgIpc) is 3.01. The molecule has 0 unspecified atom stereocenters. The van der Waals surface area contributed by atoms with Crippen LogP contribution in [0.25, 0.3) is 0 Å². The first kappa shape index (κ1) is 12.3. The molecule has 2 fully saturated rings. The number of amides is 2. The number of hydrogen-bond donors (Lipinski definition) is 0. The smallest absolute Gasteiger partial charge is 0.241 e. The molecular weight excluding hydrogens is 322 g/mol. The SMILES string of the molecule is C[C@@]12C=C[C@@H](O1)[C@H]1C(=O)N(c3ccc(Br)cc3)C(=O)[C@@H]12. The van der Waals surface area contributed by atoms with Crippen molar-refractivity contribution in [1.82, 2.24) is 0 Å². The fraction of sp³-hybridized carbons (Fsp3) is 0.333. The Hall–Kier alpha value is -1.46. The summed E-state index contributed by atoms with van der Waals surface area (Å²) >= 11 is 3.35. The highest BCUT2D eigenvalue weighted by molar-refractivity contribution is 9.10. The highest BCUT2D eigenvalue weighted by atomic mass is 79.9. The molecular formula is C15H12BrNO3. The van der Waals surface area contributed by atoms with Gasteiger partial charge in [0.15, 0.2) is 0 Å². The summed E-state index contributed by atoms with van der Waals surface area (Å²) in [6, 6.07) is 7.21. The first-order valence-electron chi connectivity index (χ1n) is 6.52. The lowest BCUT2D eigenvalue weighted by molar-refractivity contribution is -0.126. The molecule has 0 N–H and O–H groups in total. The van der Waals surface area contributed by atoms with Gasteiger partial charge in [-0.1, -0.05) is 28.1 Å². The number of carbonyl (C=O) groups is 2. The van der Waals surface area contributed by atoms with Crippen LogP contribution < -0.4 is 4.90 Å². The summed E-state index contributed by atoms with van der Waals surface area (Å²) in [6.45, 7) is 1.88. The summed E-state index contributed by atoms with van der Waals surface area (Å²) in [6.07, 6.45) is 3.55. The van der Waals surface area contributed by atoms with Crippen LogP contribution in [0.1, 0.15) is 6.92 Å². The van der Waals surface area contributed by atoms with Crippen LogP contribution in [0.5, 0.6) is 0 Å². The van der Waals surface area contributed by atoms with Gasteiger partial charge in [0.1, 0.15) is 0 Å².